The number of ether oxygens (including phenoxy) is 6. The van der Waals surface area contributed by atoms with Crippen molar-refractivity contribution >= 4 is 11.9 Å². The molecule has 0 spiro atoms. The second-order valence-corrected chi connectivity index (χ2v) is 14.5. The van der Waals surface area contributed by atoms with Crippen LogP contribution < -0.4 is 15.4 Å². The van der Waals surface area contributed by atoms with Gasteiger partial charge in [-0.1, -0.05) is 0 Å². The van der Waals surface area contributed by atoms with Gasteiger partial charge in [-0.15, -0.1) is 0 Å². The highest BCUT2D eigenvalue weighted by molar-refractivity contribution is 5.38. The molecule has 2 N–H and O–H groups in total. The molecule has 4 bridgehead atoms. The molecule has 5 atom stereocenters. The van der Waals surface area contributed by atoms with Gasteiger partial charge in [-0.05, 0) is 102 Å². The van der Waals surface area contributed by atoms with Crippen LogP contribution in [0.3, 0.4) is 0 Å². The van der Waals surface area contributed by atoms with E-state index >= 15 is 0 Å². The zero-order chi connectivity index (χ0) is 27.3. The van der Waals surface area contributed by atoms with Crippen LogP contribution in [-0.4, -0.2) is 76.4 Å². The number of nitrogens with zero attached hydrogens (tertiary/aromatic N) is 3. The summed E-state index contributed by atoms with van der Waals surface area (Å²) < 4.78 is 37.2. The fourth-order valence-electron chi connectivity index (χ4n) is 8.73. The average Bonchev–Trinajstić information content (AvgIpc) is 3.53. The highest BCUT2D eigenvalue weighted by Crippen LogP contribution is 2.60. The fourth-order valence-corrected chi connectivity index (χ4v) is 8.73. The molecule has 3 saturated heterocycles. The Hall–Kier alpha value is -1.79. The molecule has 220 valence electrons. The van der Waals surface area contributed by atoms with E-state index in [0.717, 1.165) is 37.1 Å². The Morgan fingerprint density at radius 2 is 1.40 bits per heavy atom. The van der Waals surface area contributed by atoms with Gasteiger partial charge in [0.2, 0.25) is 11.9 Å². The monoisotopic (exact) mass is 557 g/mol. The lowest BCUT2D eigenvalue weighted by atomic mass is 9.49. The van der Waals surface area contributed by atoms with Gasteiger partial charge >= 0.3 is 6.01 Å². The van der Waals surface area contributed by atoms with Crippen molar-refractivity contribution in [2.45, 2.75) is 127 Å². The molecule has 11 nitrogen and oxygen atoms in total. The molecule has 0 aromatic carbocycles. The van der Waals surface area contributed by atoms with Gasteiger partial charge in [0.1, 0.15) is 31.0 Å². The van der Waals surface area contributed by atoms with E-state index in [2.05, 4.69) is 20.6 Å². The third-order valence-corrected chi connectivity index (χ3v) is 9.94. The van der Waals surface area contributed by atoms with Crippen LogP contribution in [0.15, 0.2) is 0 Å². The van der Waals surface area contributed by atoms with E-state index in [-0.39, 0.29) is 30.9 Å². The summed E-state index contributed by atoms with van der Waals surface area (Å²) in [5.41, 5.74) is 0.373. The first kappa shape index (κ1) is 25.9. The van der Waals surface area contributed by atoms with E-state index in [1.807, 2.05) is 27.7 Å². The van der Waals surface area contributed by atoms with Crippen LogP contribution in [0.25, 0.3) is 0 Å². The minimum atomic E-state index is -0.763. The number of fused-ring (bicyclic) bond motifs is 3. The molecule has 40 heavy (non-hydrogen) atoms. The Balaban J connectivity index is 0.981. The van der Waals surface area contributed by atoms with Crippen molar-refractivity contribution in [2.24, 2.45) is 23.2 Å². The molecule has 5 saturated carbocycles. The molecule has 9 rings (SSSR count). The number of hydrogen-bond donors (Lipinski definition) is 2. The van der Waals surface area contributed by atoms with Crippen molar-refractivity contribution in [1.29, 1.82) is 0 Å². The topological polar surface area (TPSA) is 118 Å². The number of rotatable bonds is 8. The standard InChI is InChI=1S/C29H43N5O6/c1-27(2)37-20-19(36-23-22(21(20)38-27)39-28(3,4)40-23)13-35-26-33-24(32-25(34-26)31-18-5-6-18)30-14-29-10-15-7-16(11-29)9-17(8-15)12-29/h15-23H,5-14H2,1-4H3,(H2,30,31,32,33,34)/t15?,16?,17?,19-,20+,21+,22-,23-,29?/m1/s1. The lowest BCUT2D eigenvalue weighted by Gasteiger charge is -2.56. The van der Waals surface area contributed by atoms with E-state index in [0.29, 0.717) is 23.4 Å². The van der Waals surface area contributed by atoms with Gasteiger partial charge in [-0.2, -0.15) is 15.0 Å². The molecule has 1 aromatic heterocycles. The Bertz CT molecular complexity index is 1110. The van der Waals surface area contributed by atoms with Gasteiger partial charge in [0, 0.05) is 12.6 Å². The van der Waals surface area contributed by atoms with Crippen LogP contribution in [0.5, 0.6) is 6.01 Å². The van der Waals surface area contributed by atoms with Gasteiger partial charge in [0.05, 0.1) is 0 Å². The number of nitrogens with one attached hydrogen (secondary N) is 2. The SMILES string of the molecule is CC1(C)O[C@H]2[C@@H](O1)[C@@H](COc1nc(NCC34CC5CC(CC(C5)C3)C4)nc(NC3CC3)n1)O[C@@H]1OC(C)(C)O[C@@H]12. The van der Waals surface area contributed by atoms with Crippen LogP contribution in [0.2, 0.25) is 0 Å². The second kappa shape index (κ2) is 9.10. The minimum Gasteiger partial charge on any atom is -0.460 e. The molecule has 8 aliphatic rings. The number of aromatic nitrogens is 3. The number of anilines is 2. The van der Waals surface area contributed by atoms with Gasteiger partial charge in [-0.3, -0.25) is 0 Å². The zero-order valence-electron chi connectivity index (χ0n) is 24.1. The predicted octanol–water partition coefficient (Wildman–Crippen LogP) is 3.85. The van der Waals surface area contributed by atoms with Crippen molar-refractivity contribution in [3.8, 4) is 6.01 Å². The Morgan fingerprint density at radius 3 is 2.10 bits per heavy atom. The molecule has 0 unspecified atom stereocenters. The quantitative estimate of drug-likeness (QED) is 0.485. The van der Waals surface area contributed by atoms with Crippen LogP contribution in [-0.2, 0) is 23.7 Å². The van der Waals surface area contributed by atoms with E-state index in [1.54, 1.807) is 0 Å². The van der Waals surface area contributed by atoms with E-state index < -0.39 is 24.0 Å². The molecule has 8 fully saturated rings. The van der Waals surface area contributed by atoms with E-state index in [4.69, 9.17) is 33.4 Å². The van der Waals surface area contributed by atoms with Crippen LogP contribution in [0, 0.1) is 23.2 Å². The highest BCUT2D eigenvalue weighted by atomic mass is 16.9. The summed E-state index contributed by atoms with van der Waals surface area (Å²) in [4.78, 5) is 14.0. The highest BCUT2D eigenvalue weighted by Gasteiger charge is 2.61. The summed E-state index contributed by atoms with van der Waals surface area (Å²) in [5.74, 6) is 2.32. The van der Waals surface area contributed by atoms with E-state index in [1.165, 1.54) is 38.5 Å². The molecule has 0 radical (unpaired) electrons. The first-order valence-electron chi connectivity index (χ1n) is 15.4. The van der Waals surface area contributed by atoms with Gasteiger partial charge in [0.25, 0.3) is 0 Å². The first-order valence-corrected chi connectivity index (χ1v) is 15.4. The normalized spacial score (nSPS) is 43.8. The molecular weight excluding hydrogens is 514 g/mol. The molecule has 3 aliphatic heterocycles. The lowest BCUT2D eigenvalue weighted by Crippen LogP contribution is -2.56. The zero-order valence-corrected chi connectivity index (χ0v) is 24.1. The summed E-state index contributed by atoms with van der Waals surface area (Å²) in [6, 6.07) is 0.690. The Kier molecular flexibility index (Phi) is 5.89. The van der Waals surface area contributed by atoms with Crippen LogP contribution in [0.1, 0.15) is 79.1 Å². The largest absolute Gasteiger partial charge is 0.460 e. The lowest BCUT2D eigenvalue weighted by molar-refractivity contribution is -0.238. The van der Waals surface area contributed by atoms with Crippen LogP contribution >= 0.6 is 0 Å². The van der Waals surface area contributed by atoms with Gasteiger partial charge < -0.3 is 39.1 Å². The number of hydrogen-bond acceptors (Lipinski definition) is 11. The van der Waals surface area contributed by atoms with Gasteiger partial charge in [-0.25, -0.2) is 0 Å². The average molecular weight is 558 g/mol. The maximum Gasteiger partial charge on any atom is 0.323 e. The van der Waals surface area contributed by atoms with Crippen molar-refractivity contribution in [3.05, 3.63) is 0 Å². The smallest absolute Gasteiger partial charge is 0.323 e. The van der Waals surface area contributed by atoms with Crippen molar-refractivity contribution in [2.75, 3.05) is 23.8 Å². The summed E-state index contributed by atoms with van der Waals surface area (Å²) in [7, 11) is 0. The van der Waals surface area contributed by atoms with Crippen molar-refractivity contribution in [3.63, 3.8) is 0 Å². The maximum absolute atomic E-state index is 6.32. The molecule has 0 amide bonds. The Labute approximate surface area is 235 Å². The van der Waals surface area contributed by atoms with Crippen molar-refractivity contribution in [1.82, 2.24) is 15.0 Å². The maximum atomic E-state index is 6.32. The van der Waals surface area contributed by atoms with Gasteiger partial charge in [0.15, 0.2) is 17.9 Å². The predicted molar refractivity (Wildman–Crippen MR) is 144 cm³/mol. The molecule has 11 heteroatoms. The third-order valence-electron chi connectivity index (χ3n) is 9.94. The summed E-state index contributed by atoms with van der Waals surface area (Å²) >= 11 is 0. The molecular formula is C29H43N5O6. The summed E-state index contributed by atoms with van der Waals surface area (Å²) in [5, 5.41) is 7.03. The first-order chi connectivity index (χ1) is 19.1. The summed E-state index contributed by atoms with van der Waals surface area (Å²) in [6.45, 7) is 8.68. The second-order valence-electron chi connectivity index (χ2n) is 14.5. The summed E-state index contributed by atoms with van der Waals surface area (Å²) in [6.07, 6.45) is 8.50. The minimum absolute atomic E-state index is 0.189. The molecule has 4 heterocycles. The molecule has 1 aromatic rings. The third kappa shape index (κ3) is 4.95. The fraction of sp³-hybridized carbons (Fsp3) is 0.897. The van der Waals surface area contributed by atoms with E-state index in [9.17, 15) is 0 Å². The van der Waals surface area contributed by atoms with Crippen LogP contribution in [0.4, 0.5) is 11.9 Å². The Morgan fingerprint density at radius 1 is 0.775 bits per heavy atom. The molecule has 5 aliphatic carbocycles. The van der Waals surface area contributed by atoms with Crippen molar-refractivity contribution < 1.29 is 28.4 Å².